The SMILES string of the molecule is Cl.O=C(CNCC1CCCO1)Nc1ccccc1C(=O)NC1CC1. The monoisotopic (exact) mass is 353 g/mol. The number of carbonyl (C=O) groups excluding carboxylic acids is 2. The summed E-state index contributed by atoms with van der Waals surface area (Å²) in [6.45, 7) is 1.69. The van der Waals surface area contributed by atoms with Gasteiger partial charge in [0.05, 0.1) is 23.9 Å². The lowest BCUT2D eigenvalue weighted by molar-refractivity contribution is -0.115. The molecule has 0 bridgehead atoms. The summed E-state index contributed by atoms with van der Waals surface area (Å²) < 4.78 is 5.50. The molecule has 1 aromatic rings. The molecule has 3 rings (SSSR count). The third kappa shape index (κ3) is 5.47. The largest absolute Gasteiger partial charge is 0.377 e. The maximum atomic E-state index is 12.2. The molecule has 3 N–H and O–H groups in total. The predicted octanol–water partition coefficient (Wildman–Crippen LogP) is 1.71. The van der Waals surface area contributed by atoms with Gasteiger partial charge in [0.1, 0.15) is 0 Å². The molecule has 1 unspecified atom stereocenters. The highest BCUT2D eigenvalue weighted by molar-refractivity contribution is 6.04. The fourth-order valence-corrected chi connectivity index (χ4v) is 2.63. The molecular formula is C17H24ClN3O3. The van der Waals surface area contributed by atoms with Crippen molar-refractivity contribution < 1.29 is 14.3 Å². The van der Waals surface area contributed by atoms with Gasteiger partial charge in [0, 0.05) is 19.2 Å². The zero-order valence-corrected chi connectivity index (χ0v) is 14.4. The summed E-state index contributed by atoms with van der Waals surface area (Å²) >= 11 is 0. The molecule has 6 nitrogen and oxygen atoms in total. The third-order valence-electron chi connectivity index (χ3n) is 4.04. The lowest BCUT2D eigenvalue weighted by Gasteiger charge is -2.13. The lowest BCUT2D eigenvalue weighted by Crippen LogP contribution is -2.34. The standard InChI is InChI=1S/C17H23N3O3.ClH/c21-16(11-18-10-13-4-3-9-23-13)20-15-6-2-1-5-14(15)17(22)19-12-7-8-12;/h1-2,5-6,12-13,18H,3-4,7-11H2,(H,19,22)(H,20,21);1H. The average molecular weight is 354 g/mol. The predicted molar refractivity (Wildman–Crippen MR) is 94.7 cm³/mol. The molecule has 0 aromatic heterocycles. The fourth-order valence-electron chi connectivity index (χ4n) is 2.63. The van der Waals surface area contributed by atoms with Crippen LogP contribution in [0.15, 0.2) is 24.3 Å². The number of ether oxygens (including phenoxy) is 1. The van der Waals surface area contributed by atoms with Crippen molar-refractivity contribution in [3.8, 4) is 0 Å². The molecule has 1 saturated heterocycles. The van der Waals surface area contributed by atoms with E-state index in [9.17, 15) is 9.59 Å². The molecule has 1 aliphatic heterocycles. The Labute approximate surface area is 148 Å². The van der Waals surface area contributed by atoms with Crippen molar-refractivity contribution in [2.24, 2.45) is 0 Å². The van der Waals surface area contributed by atoms with E-state index in [0.29, 0.717) is 23.8 Å². The van der Waals surface area contributed by atoms with E-state index in [1.54, 1.807) is 18.2 Å². The highest BCUT2D eigenvalue weighted by atomic mass is 35.5. The molecule has 2 aliphatic rings. The number of rotatable bonds is 7. The van der Waals surface area contributed by atoms with E-state index in [1.165, 1.54) is 0 Å². The highest BCUT2D eigenvalue weighted by Gasteiger charge is 2.25. The number of para-hydroxylation sites is 1. The number of amides is 2. The molecule has 1 atom stereocenters. The van der Waals surface area contributed by atoms with Crippen molar-refractivity contribution >= 4 is 29.9 Å². The van der Waals surface area contributed by atoms with E-state index in [0.717, 1.165) is 32.3 Å². The Balaban J connectivity index is 0.00000208. The van der Waals surface area contributed by atoms with E-state index in [-0.39, 0.29) is 36.9 Å². The van der Waals surface area contributed by atoms with Gasteiger partial charge >= 0.3 is 0 Å². The first-order chi connectivity index (χ1) is 11.2. The van der Waals surface area contributed by atoms with Crippen LogP contribution in [-0.2, 0) is 9.53 Å². The summed E-state index contributed by atoms with van der Waals surface area (Å²) in [6, 6.07) is 7.38. The molecule has 0 spiro atoms. The molecule has 1 heterocycles. The van der Waals surface area contributed by atoms with E-state index in [1.807, 2.05) is 6.07 Å². The van der Waals surface area contributed by atoms with E-state index < -0.39 is 0 Å². The van der Waals surface area contributed by atoms with E-state index in [2.05, 4.69) is 16.0 Å². The maximum absolute atomic E-state index is 12.2. The topological polar surface area (TPSA) is 79.5 Å². The minimum atomic E-state index is -0.158. The summed E-state index contributed by atoms with van der Waals surface area (Å²) in [6.07, 6.45) is 4.40. The number of nitrogens with one attached hydrogen (secondary N) is 3. The summed E-state index contributed by atoms with van der Waals surface area (Å²) in [5, 5.41) is 8.85. The fraction of sp³-hybridized carbons (Fsp3) is 0.529. The molecule has 2 fully saturated rings. The van der Waals surface area contributed by atoms with Gasteiger partial charge in [0.25, 0.3) is 5.91 Å². The van der Waals surface area contributed by atoms with Gasteiger partial charge in [-0.1, -0.05) is 12.1 Å². The van der Waals surface area contributed by atoms with Gasteiger partial charge in [-0.25, -0.2) is 0 Å². The molecule has 2 amide bonds. The summed E-state index contributed by atoms with van der Waals surface area (Å²) in [5.41, 5.74) is 1.06. The molecule has 132 valence electrons. The summed E-state index contributed by atoms with van der Waals surface area (Å²) in [5.74, 6) is -0.287. The molecule has 1 aromatic carbocycles. The zero-order chi connectivity index (χ0) is 16.1. The van der Waals surface area contributed by atoms with Crippen LogP contribution in [0.5, 0.6) is 0 Å². The first-order valence-electron chi connectivity index (χ1n) is 8.24. The summed E-state index contributed by atoms with van der Waals surface area (Å²) in [4.78, 5) is 24.2. The van der Waals surface area contributed by atoms with Crippen LogP contribution in [0.3, 0.4) is 0 Å². The van der Waals surface area contributed by atoms with Crippen LogP contribution < -0.4 is 16.0 Å². The first-order valence-corrected chi connectivity index (χ1v) is 8.24. The third-order valence-corrected chi connectivity index (χ3v) is 4.04. The van der Waals surface area contributed by atoms with Crippen molar-refractivity contribution in [3.63, 3.8) is 0 Å². The molecular weight excluding hydrogens is 330 g/mol. The Morgan fingerprint density at radius 1 is 1.17 bits per heavy atom. The van der Waals surface area contributed by atoms with Crippen LogP contribution in [0.25, 0.3) is 0 Å². The van der Waals surface area contributed by atoms with Crippen molar-refractivity contribution in [1.29, 1.82) is 0 Å². The number of carbonyl (C=O) groups is 2. The Hall–Kier alpha value is -1.63. The number of anilines is 1. The number of halogens is 1. The van der Waals surface area contributed by atoms with Crippen molar-refractivity contribution in [3.05, 3.63) is 29.8 Å². The Bertz CT molecular complexity index is 572. The first kappa shape index (κ1) is 18.7. The van der Waals surface area contributed by atoms with Crippen LogP contribution in [0, 0.1) is 0 Å². The average Bonchev–Trinajstić information content (AvgIpc) is 3.20. The van der Waals surface area contributed by atoms with Crippen LogP contribution in [0.4, 0.5) is 5.69 Å². The van der Waals surface area contributed by atoms with Crippen LogP contribution >= 0.6 is 12.4 Å². The molecule has 7 heteroatoms. The van der Waals surface area contributed by atoms with Crippen molar-refractivity contribution in [2.45, 2.75) is 37.8 Å². The van der Waals surface area contributed by atoms with E-state index in [4.69, 9.17) is 4.74 Å². The Morgan fingerprint density at radius 2 is 1.96 bits per heavy atom. The molecule has 0 radical (unpaired) electrons. The van der Waals surface area contributed by atoms with Crippen molar-refractivity contribution in [1.82, 2.24) is 10.6 Å². The quantitative estimate of drug-likeness (QED) is 0.697. The molecule has 1 aliphatic carbocycles. The molecule has 24 heavy (non-hydrogen) atoms. The normalized spacial score (nSPS) is 19.4. The smallest absolute Gasteiger partial charge is 0.253 e. The summed E-state index contributed by atoms with van der Waals surface area (Å²) in [7, 11) is 0. The van der Waals surface area contributed by atoms with Gasteiger partial charge in [-0.15, -0.1) is 12.4 Å². The number of benzene rings is 1. The minimum absolute atomic E-state index is 0. The lowest BCUT2D eigenvalue weighted by atomic mass is 10.1. The second kappa shape index (κ2) is 9.01. The molecule has 1 saturated carbocycles. The highest BCUT2D eigenvalue weighted by Crippen LogP contribution is 2.21. The maximum Gasteiger partial charge on any atom is 0.253 e. The number of hydrogen-bond donors (Lipinski definition) is 3. The second-order valence-corrected chi connectivity index (χ2v) is 6.11. The van der Waals surface area contributed by atoms with Crippen LogP contribution in [-0.4, -0.2) is 43.7 Å². The van der Waals surface area contributed by atoms with Gasteiger partial charge in [-0.2, -0.15) is 0 Å². The van der Waals surface area contributed by atoms with Crippen LogP contribution in [0.2, 0.25) is 0 Å². The van der Waals surface area contributed by atoms with Gasteiger partial charge in [0.15, 0.2) is 0 Å². The van der Waals surface area contributed by atoms with Gasteiger partial charge < -0.3 is 20.7 Å². The van der Waals surface area contributed by atoms with Crippen molar-refractivity contribution in [2.75, 3.05) is 25.0 Å². The van der Waals surface area contributed by atoms with Crippen LogP contribution in [0.1, 0.15) is 36.0 Å². The minimum Gasteiger partial charge on any atom is -0.377 e. The zero-order valence-electron chi connectivity index (χ0n) is 13.5. The van der Waals surface area contributed by atoms with E-state index >= 15 is 0 Å². The number of hydrogen-bond acceptors (Lipinski definition) is 4. The second-order valence-electron chi connectivity index (χ2n) is 6.11. The van der Waals surface area contributed by atoms with Gasteiger partial charge in [-0.3, -0.25) is 9.59 Å². The van der Waals surface area contributed by atoms with Gasteiger partial charge in [-0.05, 0) is 37.8 Å². The van der Waals surface area contributed by atoms with Gasteiger partial charge in [0.2, 0.25) is 5.91 Å². The Kier molecular flexibility index (Phi) is 7.02. The Morgan fingerprint density at radius 3 is 2.67 bits per heavy atom.